The van der Waals surface area contributed by atoms with Crippen molar-refractivity contribution >= 4 is 8.46 Å². The third kappa shape index (κ3) is 6.06. The zero-order valence-corrected chi connectivity index (χ0v) is 5.37. The van der Waals surface area contributed by atoms with Gasteiger partial charge in [0, 0.05) is 0 Å². The predicted octanol–water partition coefficient (Wildman–Crippen LogP) is 1.49. The minimum absolute atomic E-state index is 0.0536. The summed E-state index contributed by atoms with van der Waals surface area (Å²) in [5, 5.41) is 10.5. The molecule has 0 aliphatic heterocycles. The molecule has 0 N–H and O–H groups in total. The topological polar surface area (TPSA) is 37.0 Å². The van der Waals surface area contributed by atoms with Crippen LogP contribution in [0.1, 0.15) is 13.8 Å². The zero-order chi connectivity index (χ0) is 5.91. The van der Waals surface area contributed by atoms with Crippen LogP contribution >= 0.6 is 8.46 Å². The summed E-state index contributed by atoms with van der Waals surface area (Å²) in [5.74, 6) is 0. The van der Waals surface area contributed by atoms with Gasteiger partial charge in [-0.25, -0.2) is 5.11 Å². The second-order valence-corrected chi connectivity index (χ2v) is 2.62. The van der Waals surface area contributed by atoms with Crippen LogP contribution in [0.3, 0.4) is 0 Å². The molecule has 0 heterocycles. The van der Waals surface area contributed by atoms with Crippen molar-refractivity contribution in [1.82, 2.24) is 0 Å². The maximum atomic E-state index is 10.5. The molecule has 41 valence electrons. The van der Waals surface area contributed by atoms with Crippen LogP contribution < -0.4 is 0 Å². The summed E-state index contributed by atoms with van der Waals surface area (Å²) in [6.45, 7) is 3.02. The Morgan fingerprint density at radius 1 is 1.57 bits per heavy atom. The molecule has 7 heavy (non-hydrogen) atoms. The molecular weight excluding hydrogens is 111 g/mol. The lowest BCUT2D eigenvalue weighted by Crippen LogP contribution is -2.17. The summed E-state index contributed by atoms with van der Waals surface area (Å²) in [6, 6.07) is 0. The summed E-state index contributed by atoms with van der Waals surface area (Å²) < 4.78 is 9.72. The standard InChI is InChI=1S/C4H8O2P/c1-4(2,5)3-7-6/h3H2,1-2H3. The molecule has 0 atom stereocenters. The van der Waals surface area contributed by atoms with Crippen LogP contribution in [0.15, 0.2) is 0 Å². The molecule has 0 aliphatic carbocycles. The molecule has 0 fully saturated rings. The fourth-order valence-corrected chi connectivity index (χ4v) is 0.466. The molecule has 0 aromatic heterocycles. The van der Waals surface area contributed by atoms with Crippen molar-refractivity contribution in [3.05, 3.63) is 0 Å². The van der Waals surface area contributed by atoms with E-state index in [1.807, 2.05) is 0 Å². The van der Waals surface area contributed by atoms with E-state index in [2.05, 4.69) is 0 Å². The first-order valence-electron chi connectivity index (χ1n) is 2.06. The SMILES string of the molecule is CC(C)([O])CP=O. The van der Waals surface area contributed by atoms with Gasteiger partial charge in [0.15, 0.2) is 8.46 Å². The van der Waals surface area contributed by atoms with Crippen LogP contribution in [-0.2, 0) is 9.67 Å². The van der Waals surface area contributed by atoms with Crippen LogP contribution in [0, 0.1) is 0 Å². The minimum atomic E-state index is -1.02. The Morgan fingerprint density at radius 2 is 2.00 bits per heavy atom. The van der Waals surface area contributed by atoms with Crippen molar-refractivity contribution in [2.24, 2.45) is 0 Å². The van der Waals surface area contributed by atoms with Crippen molar-refractivity contribution in [2.45, 2.75) is 19.4 Å². The van der Waals surface area contributed by atoms with Crippen molar-refractivity contribution in [1.29, 1.82) is 0 Å². The maximum Gasteiger partial charge on any atom is 0.158 e. The van der Waals surface area contributed by atoms with Crippen LogP contribution in [-0.4, -0.2) is 11.8 Å². The Kier molecular flexibility index (Phi) is 2.41. The van der Waals surface area contributed by atoms with Crippen LogP contribution in [0.2, 0.25) is 0 Å². The van der Waals surface area contributed by atoms with Crippen molar-refractivity contribution in [3.8, 4) is 0 Å². The minimum Gasteiger partial charge on any atom is -0.275 e. The van der Waals surface area contributed by atoms with Gasteiger partial charge in [-0.1, -0.05) is 0 Å². The Morgan fingerprint density at radius 3 is 2.00 bits per heavy atom. The second kappa shape index (κ2) is 2.39. The Hall–Kier alpha value is 0.0600. The van der Waals surface area contributed by atoms with Gasteiger partial charge in [0.1, 0.15) is 5.60 Å². The van der Waals surface area contributed by atoms with E-state index in [1.165, 1.54) is 13.8 Å². The molecule has 0 rings (SSSR count). The predicted molar refractivity (Wildman–Crippen MR) is 27.2 cm³/mol. The van der Waals surface area contributed by atoms with Gasteiger partial charge in [-0.2, -0.15) is 0 Å². The molecule has 0 saturated carbocycles. The molecule has 0 spiro atoms. The van der Waals surface area contributed by atoms with Crippen molar-refractivity contribution < 1.29 is 9.67 Å². The lowest BCUT2D eigenvalue weighted by atomic mass is 10.2. The summed E-state index contributed by atoms with van der Waals surface area (Å²) in [4.78, 5) is 0. The maximum absolute atomic E-state index is 10.5. The largest absolute Gasteiger partial charge is 0.275 e. The highest BCUT2D eigenvalue weighted by Crippen LogP contribution is 2.08. The lowest BCUT2D eigenvalue weighted by molar-refractivity contribution is 0.0255. The lowest BCUT2D eigenvalue weighted by Gasteiger charge is -2.05. The summed E-state index contributed by atoms with van der Waals surface area (Å²) >= 11 is 0. The first-order valence-corrected chi connectivity index (χ1v) is 3.05. The molecule has 0 unspecified atom stereocenters. The molecule has 0 aliphatic rings. The second-order valence-electron chi connectivity index (χ2n) is 2.05. The number of hydrogen-bond donors (Lipinski definition) is 0. The van der Waals surface area contributed by atoms with Gasteiger partial charge in [0.05, 0.1) is 6.16 Å². The average Bonchev–Trinajstić information content (AvgIpc) is 1.30. The Bertz CT molecular complexity index is 64.6. The van der Waals surface area contributed by atoms with E-state index in [-0.39, 0.29) is 14.6 Å². The molecule has 2 nitrogen and oxygen atoms in total. The van der Waals surface area contributed by atoms with Crippen LogP contribution in [0.25, 0.3) is 0 Å². The first-order chi connectivity index (χ1) is 3.06. The van der Waals surface area contributed by atoms with Gasteiger partial charge in [-0.05, 0) is 13.8 Å². The number of rotatable bonds is 2. The van der Waals surface area contributed by atoms with E-state index < -0.39 is 5.60 Å². The summed E-state index contributed by atoms with van der Waals surface area (Å²) in [5.41, 5.74) is -1.02. The average molecular weight is 119 g/mol. The monoisotopic (exact) mass is 119 g/mol. The number of hydrogen-bond acceptors (Lipinski definition) is 1. The van der Waals surface area contributed by atoms with Gasteiger partial charge in [0.2, 0.25) is 0 Å². The molecule has 0 saturated heterocycles. The van der Waals surface area contributed by atoms with Crippen LogP contribution in [0.5, 0.6) is 0 Å². The highest BCUT2D eigenvalue weighted by atomic mass is 31.1. The third-order valence-electron chi connectivity index (χ3n) is 0.445. The van der Waals surface area contributed by atoms with E-state index in [0.29, 0.717) is 0 Å². The van der Waals surface area contributed by atoms with Gasteiger partial charge < -0.3 is 0 Å². The van der Waals surface area contributed by atoms with E-state index >= 15 is 0 Å². The molecule has 0 aromatic carbocycles. The first kappa shape index (κ1) is 7.06. The zero-order valence-electron chi connectivity index (χ0n) is 4.47. The van der Waals surface area contributed by atoms with Gasteiger partial charge in [-0.15, -0.1) is 0 Å². The Labute approximate surface area is 44.7 Å². The van der Waals surface area contributed by atoms with Gasteiger partial charge in [-0.3, -0.25) is 4.57 Å². The van der Waals surface area contributed by atoms with Crippen molar-refractivity contribution in [2.75, 3.05) is 6.16 Å². The van der Waals surface area contributed by atoms with Gasteiger partial charge in [0.25, 0.3) is 0 Å². The molecule has 1 radical (unpaired) electrons. The highest BCUT2D eigenvalue weighted by molar-refractivity contribution is 7.23. The molecule has 3 heteroatoms. The smallest absolute Gasteiger partial charge is 0.158 e. The van der Waals surface area contributed by atoms with Crippen LogP contribution in [0.4, 0.5) is 0 Å². The van der Waals surface area contributed by atoms with E-state index in [9.17, 15) is 9.67 Å². The van der Waals surface area contributed by atoms with Gasteiger partial charge >= 0.3 is 0 Å². The highest BCUT2D eigenvalue weighted by Gasteiger charge is 2.13. The fraction of sp³-hybridized carbons (Fsp3) is 1.00. The van der Waals surface area contributed by atoms with E-state index in [1.54, 1.807) is 0 Å². The van der Waals surface area contributed by atoms with E-state index in [4.69, 9.17) is 0 Å². The molecule has 0 bridgehead atoms. The van der Waals surface area contributed by atoms with Crippen molar-refractivity contribution in [3.63, 3.8) is 0 Å². The third-order valence-corrected chi connectivity index (χ3v) is 1.34. The molecule has 0 aromatic rings. The summed E-state index contributed by atoms with van der Waals surface area (Å²) in [7, 11) is -0.0536. The Balaban J connectivity index is 3.34. The quantitative estimate of drug-likeness (QED) is 0.507. The molecule has 0 amide bonds. The fourth-order valence-electron chi connectivity index (χ4n) is 0.155. The van der Waals surface area contributed by atoms with E-state index in [0.717, 1.165) is 0 Å². The normalized spacial score (nSPS) is 12.4. The summed E-state index contributed by atoms with van der Waals surface area (Å²) in [6.07, 6.45) is 0.201. The molecular formula is C4H8O2P.